The van der Waals surface area contributed by atoms with E-state index in [9.17, 15) is 0 Å². The number of pyridine rings is 2. The lowest BCUT2D eigenvalue weighted by Crippen LogP contribution is -2.00. The van der Waals surface area contributed by atoms with Crippen LogP contribution >= 0.6 is 0 Å². The highest BCUT2D eigenvalue weighted by molar-refractivity contribution is 6.12. The molecule has 2 radical (unpaired) electrons. The van der Waals surface area contributed by atoms with E-state index in [0.717, 1.165) is 24.2 Å². The SMILES string of the molecule is [B]C(CCCCCCCC)c1ccnc(-c2cc(CCCCCCCCC)ccn2)c1. The third-order valence-electron chi connectivity index (χ3n) is 6.24. The first-order valence-electron chi connectivity index (χ1n) is 12.9. The van der Waals surface area contributed by atoms with Gasteiger partial charge in [0.25, 0.3) is 0 Å². The van der Waals surface area contributed by atoms with Gasteiger partial charge in [-0.3, -0.25) is 9.97 Å². The van der Waals surface area contributed by atoms with E-state index in [1.165, 1.54) is 94.6 Å². The van der Waals surface area contributed by atoms with Crippen LogP contribution in [0.2, 0.25) is 0 Å². The Balaban J connectivity index is 1.82. The number of aromatic nitrogens is 2. The van der Waals surface area contributed by atoms with Crippen molar-refractivity contribution in [2.24, 2.45) is 0 Å². The molecular weight excluding hydrogens is 375 g/mol. The molecule has 0 bridgehead atoms. The van der Waals surface area contributed by atoms with E-state index >= 15 is 0 Å². The third kappa shape index (κ3) is 10.5. The fourth-order valence-electron chi connectivity index (χ4n) is 4.18. The molecule has 0 aliphatic carbocycles. The zero-order valence-electron chi connectivity index (χ0n) is 20.1. The zero-order valence-corrected chi connectivity index (χ0v) is 20.1. The second-order valence-corrected chi connectivity index (χ2v) is 9.06. The summed E-state index contributed by atoms with van der Waals surface area (Å²) < 4.78 is 0. The smallest absolute Gasteiger partial charge is 0.0888 e. The van der Waals surface area contributed by atoms with Crippen LogP contribution in [-0.4, -0.2) is 17.8 Å². The van der Waals surface area contributed by atoms with E-state index in [4.69, 9.17) is 7.85 Å². The fraction of sp³-hybridized carbons (Fsp3) is 0.643. The van der Waals surface area contributed by atoms with Gasteiger partial charge in [-0.05, 0) is 48.2 Å². The molecular formula is C28H43BN2. The molecule has 1 atom stereocenters. The second kappa shape index (κ2) is 16.1. The van der Waals surface area contributed by atoms with Crippen molar-refractivity contribution in [3.63, 3.8) is 0 Å². The zero-order chi connectivity index (χ0) is 22.2. The lowest BCUT2D eigenvalue weighted by molar-refractivity contribution is 0.584. The molecule has 2 aromatic heterocycles. The average Bonchev–Trinajstić information content (AvgIpc) is 2.81. The van der Waals surface area contributed by atoms with Crippen molar-refractivity contribution in [1.82, 2.24) is 9.97 Å². The molecule has 0 saturated carbocycles. The number of unbranched alkanes of at least 4 members (excludes halogenated alkanes) is 11. The van der Waals surface area contributed by atoms with E-state index < -0.39 is 0 Å². The van der Waals surface area contributed by atoms with Crippen LogP contribution in [0.4, 0.5) is 0 Å². The van der Waals surface area contributed by atoms with Gasteiger partial charge in [0.2, 0.25) is 0 Å². The van der Waals surface area contributed by atoms with Gasteiger partial charge in [0.15, 0.2) is 0 Å². The van der Waals surface area contributed by atoms with Crippen molar-refractivity contribution in [2.45, 2.75) is 116 Å². The monoisotopic (exact) mass is 418 g/mol. The van der Waals surface area contributed by atoms with Crippen LogP contribution in [0.5, 0.6) is 0 Å². The normalized spacial score (nSPS) is 12.2. The average molecular weight is 418 g/mol. The van der Waals surface area contributed by atoms with Crippen LogP contribution in [0.3, 0.4) is 0 Å². The van der Waals surface area contributed by atoms with E-state index in [1.807, 2.05) is 12.4 Å². The van der Waals surface area contributed by atoms with Gasteiger partial charge in [0.05, 0.1) is 19.2 Å². The van der Waals surface area contributed by atoms with Crippen molar-refractivity contribution in [3.05, 3.63) is 47.8 Å². The Labute approximate surface area is 193 Å². The van der Waals surface area contributed by atoms with Crippen molar-refractivity contribution in [1.29, 1.82) is 0 Å². The van der Waals surface area contributed by atoms with Gasteiger partial charge >= 0.3 is 0 Å². The molecule has 2 nitrogen and oxygen atoms in total. The Morgan fingerprint density at radius 2 is 1.23 bits per heavy atom. The highest BCUT2D eigenvalue weighted by Crippen LogP contribution is 2.24. The minimum Gasteiger partial charge on any atom is -0.255 e. The predicted molar refractivity (Wildman–Crippen MR) is 136 cm³/mol. The van der Waals surface area contributed by atoms with Crippen molar-refractivity contribution >= 4 is 7.85 Å². The van der Waals surface area contributed by atoms with E-state index in [1.54, 1.807) is 0 Å². The molecule has 0 spiro atoms. The lowest BCUT2D eigenvalue weighted by Gasteiger charge is -2.13. The predicted octanol–water partition coefficient (Wildman–Crippen LogP) is 8.40. The summed E-state index contributed by atoms with van der Waals surface area (Å²) in [7, 11) is 6.49. The molecule has 2 heterocycles. The van der Waals surface area contributed by atoms with Crippen LogP contribution < -0.4 is 0 Å². The molecule has 0 aliphatic rings. The largest absolute Gasteiger partial charge is 0.255 e. The van der Waals surface area contributed by atoms with Crippen molar-refractivity contribution < 1.29 is 0 Å². The van der Waals surface area contributed by atoms with Crippen LogP contribution in [0, 0.1) is 0 Å². The first-order valence-corrected chi connectivity index (χ1v) is 12.9. The highest BCUT2D eigenvalue weighted by Gasteiger charge is 2.09. The van der Waals surface area contributed by atoms with Gasteiger partial charge in [0.1, 0.15) is 0 Å². The van der Waals surface area contributed by atoms with Gasteiger partial charge < -0.3 is 0 Å². The highest BCUT2D eigenvalue weighted by atomic mass is 14.8. The van der Waals surface area contributed by atoms with Gasteiger partial charge in [0, 0.05) is 12.4 Å². The summed E-state index contributed by atoms with van der Waals surface area (Å²) in [5, 5.41) is 0. The minimum atomic E-state index is 0.0869. The Bertz CT molecular complexity index is 716. The summed E-state index contributed by atoms with van der Waals surface area (Å²) >= 11 is 0. The summed E-state index contributed by atoms with van der Waals surface area (Å²) in [4.78, 5) is 9.17. The summed E-state index contributed by atoms with van der Waals surface area (Å²) in [6, 6.07) is 8.56. The van der Waals surface area contributed by atoms with Crippen LogP contribution in [0.15, 0.2) is 36.7 Å². The van der Waals surface area contributed by atoms with Crippen molar-refractivity contribution in [3.8, 4) is 11.4 Å². The maximum absolute atomic E-state index is 6.49. The van der Waals surface area contributed by atoms with Gasteiger partial charge in [-0.1, -0.05) is 103 Å². The molecule has 0 amide bonds. The molecule has 0 aliphatic heterocycles. The first kappa shape index (κ1) is 25.6. The topological polar surface area (TPSA) is 25.8 Å². The summed E-state index contributed by atoms with van der Waals surface area (Å²) in [5.41, 5.74) is 4.45. The molecule has 0 fully saturated rings. The Morgan fingerprint density at radius 1 is 0.677 bits per heavy atom. The van der Waals surface area contributed by atoms with Gasteiger partial charge in [-0.25, -0.2) is 0 Å². The third-order valence-corrected chi connectivity index (χ3v) is 6.24. The standard InChI is InChI=1S/C28H43BN2/c1-3-5-7-9-11-12-14-16-24-18-20-30-27(22-24)28-23-25(19-21-31-28)26(29)17-15-13-10-8-6-4-2/h18-23,26H,3-17H2,1-2H3. The van der Waals surface area contributed by atoms with Crippen molar-refractivity contribution in [2.75, 3.05) is 0 Å². The molecule has 2 aromatic rings. The number of rotatable bonds is 17. The molecule has 0 saturated heterocycles. The Kier molecular flexibility index (Phi) is 13.3. The van der Waals surface area contributed by atoms with Crippen LogP contribution in [0.25, 0.3) is 11.4 Å². The van der Waals surface area contributed by atoms with Gasteiger partial charge in [-0.2, -0.15) is 0 Å². The number of aryl methyl sites for hydroxylation is 1. The fourth-order valence-corrected chi connectivity index (χ4v) is 4.18. The number of nitrogens with zero attached hydrogens (tertiary/aromatic N) is 2. The molecule has 168 valence electrons. The minimum absolute atomic E-state index is 0.0869. The quantitative estimate of drug-likeness (QED) is 0.190. The lowest BCUT2D eigenvalue weighted by atomic mass is 9.77. The summed E-state index contributed by atoms with van der Waals surface area (Å²) in [5.74, 6) is 0.0869. The maximum Gasteiger partial charge on any atom is 0.0888 e. The maximum atomic E-state index is 6.49. The Hall–Kier alpha value is -1.64. The Morgan fingerprint density at radius 3 is 1.90 bits per heavy atom. The summed E-state index contributed by atoms with van der Waals surface area (Å²) in [6.07, 6.45) is 23.2. The second-order valence-electron chi connectivity index (χ2n) is 9.06. The van der Waals surface area contributed by atoms with Crippen LogP contribution in [0.1, 0.15) is 121 Å². The molecule has 0 aromatic carbocycles. The van der Waals surface area contributed by atoms with E-state index in [-0.39, 0.29) is 5.82 Å². The molecule has 31 heavy (non-hydrogen) atoms. The number of hydrogen-bond donors (Lipinski definition) is 0. The molecule has 1 unspecified atom stereocenters. The molecule has 3 heteroatoms. The first-order chi connectivity index (χ1) is 15.2. The van der Waals surface area contributed by atoms with E-state index in [0.29, 0.717) is 0 Å². The molecule has 0 N–H and O–H groups in total. The van der Waals surface area contributed by atoms with Crippen LogP contribution in [-0.2, 0) is 6.42 Å². The molecule has 2 rings (SSSR count). The number of hydrogen-bond acceptors (Lipinski definition) is 2. The van der Waals surface area contributed by atoms with E-state index in [2.05, 4.69) is 48.1 Å². The summed E-state index contributed by atoms with van der Waals surface area (Å²) in [6.45, 7) is 4.53. The van der Waals surface area contributed by atoms with Gasteiger partial charge in [-0.15, -0.1) is 0 Å².